The average Bonchev–Trinajstić information content (AvgIpc) is 2.04. The van der Waals surface area contributed by atoms with E-state index in [4.69, 9.17) is 0 Å². The van der Waals surface area contributed by atoms with E-state index in [0.29, 0.717) is 6.42 Å². The van der Waals surface area contributed by atoms with E-state index in [1.165, 1.54) is 6.42 Å². The second-order valence-corrected chi connectivity index (χ2v) is 3.28. The molecule has 0 atom stereocenters. The van der Waals surface area contributed by atoms with Gasteiger partial charge in [0.25, 0.3) is 0 Å². The molecule has 1 heteroatoms. The Morgan fingerprint density at radius 3 is 2.00 bits per heavy atom. The van der Waals surface area contributed by atoms with E-state index in [-0.39, 0.29) is 5.41 Å². The van der Waals surface area contributed by atoms with Crippen molar-refractivity contribution in [2.45, 2.75) is 52.9 Å². The summed E-state index contributed by atoms with van der Waals surface area (Å²) in [4.78, 5) is 10.3. The van der Waals surface area contributed by atoms with Crippen molar-refractivity contribution in [2.75, 3.05) is 0 Å². The first-order chi connectivity index (χ1) is 5.24. The summed E-state index contributed by atoms with van der Waals surface area (Å²) in [6.45, 7) is 6.50. The minimum atomic E-state index is 0.260. The molecule has 0 N–H and O–H groups in total. The van der Waals surface area contributed by atoms with E-state index in [9.17, 15) is 4.79 Å². The lowest BCUT2D eigenvalue weighted by Crippen LogP contribution is -2.18. The summed E-state index contributed by atoms with van der Waals surface area (Å²) in [5.74, 6) is 0. The molecule has 0 aliphatic carbocycles. The summed E-state index contributed by atoms with van der Waals surface area (Å²) >= 11 is 0. The molecule has 1 nitrogen and oxygen atoms in total. The van der Waals surface area contributed by atoms with Crippen molar-refractivity contribution in [3.63, 3.8) is 0 Å². The number of rotatable bonds is 6. The van der Waals surface area contributed by atoms with Crippen LogP contribution >= 0.6 is 0 Å². The van der Waals surface area contributed by atoms with Gasteiger partial charge in [-0.1, -0.05) is 40.0 Å². The maximum Gasteiger partial charge on any atom is 0.198 e. The quantitative estimate of drug-likeness (QED) is 0.576. The van der Waals surface area contributed by atoms with E-state index in [0.717, 1.165) is 19.3 Å². The van der Waals surface area contributed by atoms with Crippen molar-refractivity contribution >= 4 is 6.29 Å². The molecule has 65 valence electrons. The Bertz CT molecular complexity index is 103. The molecule has 0 heterocycles. The molecule has 0 spiro atoms. The van der Waals surface area contributed by atoms with Gasteiger partial charge >= 0.3 is 0 Å². The molecule has 0 saturated carbocycles. The van der Waals surface area contributed by atoms with E-state index in [2.05, 4.69) is 20.8 Å². The summed E-state index contributed by atoms with van der Waals surface area (Å²) in [6.07, 6.45) is 7.20. The highest BCUT2D eigenvalue weighted by Crippen LogP contribution is 2.34. The average molecular weight is 155 g/mol. The van der Waals surface area contributed by atoms with Crippen molar-refractivity contribution in [1.29, 1.82) is 0 Å². The lowest BCUT2D eigenvalue weighted by atomic mass is 9.76. The Kier molecular flexibility index (Phi) is 5.18. The third-order valence-corrected chi connectivity index (χ3v) is 2.73. The summed E-state index contributed by atoms with van der Waals surface area (Å²) < 4.78 is 0. The van der Waals surface area contributed by atoms with Crippen LogP contribution in [0.1, 0.15) is 52.9 Å². The topological polar surface area (TPSA) is 17.1 Å². The maximum atomic E-state index is 10.3. The van der Waals surface area contributed by atoms with Crippen LogP contribution in [0, 0.1) is 5.41 Å². The highest BCUT2D eigenvalue weighted by Gasteiger charge is 2.24. The first kappa shape index (κ1) is 10.7. The zero-order valence-electron chi connectivity index (χ0n) is 7.94. The van der Waals surface area contributed by atoms with Gasteiger partial charge in [-0.3, -0.25) is 4.79 Å². The van der Waals surface area contributed by atoms with E-state index in [1.54, 1.807) is 0 Å². The van der Waals surface area contributed by atoms with E-state index >= 15 is 0 Å². The second kappa shape index (κ2) is 5.34. The van der Waals surface area contributed by atoms with Gasteiger partial charge in [-0.25, -0.2) is 0 Å². The lowest BCUT2D eigenvalue weighted by molar-refractivity contribution is 0.245. The molecule has 0 aromatic carbocycles. The molecule has 0 aromatic heterocycles. The van der Waals surface area contributed by atoms with Gasteiger partial charge in [-0.15, -0.1) is 0 Å². The van der Waals surface area contributed by atoms with Crippen LogP contribution < -0.4 is 0 Å². The van der Waals surface area contributed by atoms with Crippen LogP contribution in [0.15, 0.2) is 0 Å². The van der Waals surface area contributed by atoms with Gasteiger partial charge in [0.15, 0.2) is 6.29 Å². The number of carbonyl (C=O) groups excluding carboxylic acids is 1. The third-order valence-electron chi connectivity index (χ3n) is 2.73. The Labute approximate surface area is 70.2 Å². The molecule has 0 saturated heterocycles. The zero-order valence-corrected chi connectivity index (χ0v) is 7.94. The van der Waals surface area contributed by atoms with Gasteiger partial charge in [0, 0.05) is 6.42 Å². The third kappa shape index (κ3) is 3.04. The largest absolute Gasteiger partial charge is 0.291 e. The molecule has 0 aromatic rings. The smallest absolute Gasteiger partial charge is 0.198 e. The fourth-order valence-corrected chi connectivity index (χ4v) is 1.63. The molecule has 0 unspecified atom stereocenters. The Morgan fingerprint density at radius 2 is 1.73 bits per heavy atom. The number of hydrogen-bond acceptors (Lipinski definition) is 1. The lowest BCUT2D eigenvalue weighted by Gasteiger charge is -2.28. The minimum Gasteiger partial charge on any atom is -0.291 e. The maximum absolute atomic E-state index is 10.3. The number of hydrogen-bond donors (Lipinski definition) is 0. The molecule has 0 amide bonds. The summed E-state index contributed by atoms with van der Waals surface area (Å²) in [6, 6.07) is 0. The van der Waals surface area contributed by atoms with Crippen LogP contribution in [0.2, 0.25) is 0 Å². The Hall–Kier alpha value is -0.330. The molecule has 1 radical (unpaired) electrons. The normalized spacial score (nSPS) is 11.5. The second-order valence-electron chi connectivity index (χ2n) is 3.28. The molecule has 0 aliphatic rings. The van der Waals surface area contributed by atoms with Crippen LogP contribution in [-0.4, -0.2) is 6.29 Å². The highest BCUT2D eigenvalue weighted by molar-refractivity contribution is 5.51. The Morgan fingerprint density at radius 1 is 1.18 bits per heavy atom. The highest BCUT2D eigenvalue weighted by atomic mass is 16.1. The van der Waals surface area contributed by atoms with Gasteiger partial charge in [0.2, 0.25) is 0 Å². The van der Waals surface area contributed by atoms with Crippen molar-refractivity contribution in [3.8, 4) is 0 Å². The van der Waals surface area contributed by atoms with Crippen LogP contribution in [0.25, 0.3) is 0 Å². The summed E-state index contributed by atoms with van der Waals surface area (Å²) in [7, 11) is 0. The molecular formula is C10H19O. The van der Waals surface area contributed by atoms with Crippen molar-refractivity contribution < 1.29 is 4.79 Å². The molecular weight excluding hydrogens is 136 g/mol. The van der Waals surface area contributed by atoms with Crippen LogP contribution in [0.3, 0.4) is 0 Å². The van der Waals surface area contributed by atoms with Crippen molar-refractivity contribution in [1.82, 2.24) is 0 Å². The van der Waals surface area contributed by atoms with Crippen molar-refractivity contribution in [3.05, 3.63) is 0 Å². The Balaban J connectivity index is 4.06. The first-order valence-electron chi connectivity index (χ1n) is 4.59. The van der Waals surface area contributed by atoms with Crippen LogP contribution in [0.4, 0.5) is 0 Å². The van der Waals surface area contributed by atoms with Crippen LogP contribution in [0.5, 0.6) is 0 Å². The van der Waals surface area contributed by atoms with Gasteiger partial charge in [0.05, 0.1) is 0 Å². The summed E-state index contributed by atoms with van der Waals surface area (Å²) in [5, 5.41) is 0. The predicted octanol–water partition coefficient (Wildman–Crippen LogP) is 3.09. The minimum absolute atomic E-state index is 0.260. The SMILES string of the molecule is CCCC(CC)(CC)C[C]=O. The summed E-state index contributed by atoms with van der Waals surface area (Å²) in [5.41, 5.74) is 0.260. The van der Waals surface area contributed by atoms with Crippen molar-refractivity contribution in [2.24, 2.45) is 5.41 Å². The standard InChI is InChI=1S/C10H19O/c1-4-7-10(5-2,6-3)8-9-11/h4-8H2,1-3H3. The van der Waals surface area contributed by atoms with Gasteiger partial charge < -0.3 is 0 Å². The molecule has 0 bridgehead atoms. The predicted molar refractivity (Wildman–Crippen MR) is 48.2 cm³/mol. The fourth-order valence-electron chi connectivity index (χ4n) is 1.63. The molecule has 0 rings (SSSR count). The van der Waals surface area contributed by atoms with E-state index in [1.807, 2.05) is 6.29 Å². The van der Waals surface area contributed by atoms with Gasteiger partial charge in [-0.05, 0) is 11.8 Å². The fraction of sp³-hybridized carbons (Fsp3) is 0.900. The van der Waals surface area contributed by atoms with Gasteiger partial charge in [0.1, 0.15) is 0 Å². The molecule has 11 heavy (non-hydrogen) atoms. The monoisotopic (exact) mass is 155 g/mol. The first-order valence-corrected chi connectivity index (χ1v) is 4.59. The van der Waals surface area contributed by atoms with Gasteiger partial charge in [-0.2, -0.15) is 0 Å². The van der Waals surface area contributed by atoms with E-state index < -0.39 is 0 Å². The van der Waals surface area contributed by atoms with Crippen LogP contribution in [-0.2, 0) is 4.79 Å². The zero-order chi connectivity index (χ0) is 8.74. The molecule has 0 aliphatic heterocycles. The molecule has 0 fully saturated rings.